The molecule has 3 aromatic rings. The van der Waals surface area contributed by atoms with Crippen LogP contribution >= 0.6 is 0 Å². The van der Waals surface area contributed by atoms with Gasteiger partial charge in [0.1, 0.15) is 48.3 Å². The van der Waals surface area contributed by atoms with Gasteiger partial charge in [-0.3, -0.25) is 52.7 Å². The fourth-order valence-electron chi connectivity index (χ4n) is 6.36. The molecule has 0 radical (unpaired) electrons. The number of aliphatic carboxylic acids is 1. The van der Waals surface area contributed by atoms with Gasteiger partial charge in [0.05, 0.1) is 38.4 Å². The molecule has 9 atom stereocenters. The summed E-state index contributed by atoms with van der Waals surface area (Å²) in [6.45, 7) is 2.10. The summed E-state index contributed by atoms with van der Waals surface area (Å²) in [7, 11) is 0. The van der Waals surface area contributed by atoms with Crippen LogP contribution in [0.4, 0.5) is 0 Å². The standard InChI is InChI=1S/C40H56N14O14/c1-17(47-36(64)26(9-21-14-44-16-46-21)52-39(67)28(15-55)49-30(58)12-41)35(63)51-25(8-20-13-45-23-7-5-4-6-22(20)23)37(65)53-27(11-31(59)60)38(66)54-32(19(3)56)40(68)48-18(2)34(62)50-24(33(43)61)10-29(42)57/h4-7,13-14,16-19,24-28,32,45,55-56H,8-12,15,41H2,1-3H3,(H2,42,57)(H2,43,61)(H,44,46)(H,47,64)(H,48,68)(H,49,58)(H,50,62)(H,51,63)(H,52,67)(H,53,65)(H,54,66)(H,59,60)/t17-,18-,19+,24-,25-,26-,27-,28-,32-/m0/s1. The number of nitrogens with one attached hydrogen (secondary N) is 10. The molecule has 28 nitrogen and oxygen atoms in total. The van der Waals surface area contributed by atoms with Crippen molar-refractivity contribution < 1.29 is 68.1 Å². The van der Waals surface area contributed by atoms with Gasteiger partial charge in [-0.15, -0.1) is 0 Å². The number of aromatic nitrogens is 3. The first-order valence-electron chi connectivity index (χ1n) is 20.8. The van der Waals surface area contributed by atoms with E-state index in [9.17, 15) is 68.1 Å². The number of hydrogen-bond donors (Lipinski definition) is 16. The highest BCUT2D eigenvalue weighted by Gasteiger charge is 2.36. The number of nitrogens with zero attached hydrogens (tertiary/aromatic N) is 1. The van der Waals surface area contributed by atoms with Crippen LogP contribution in [-0.4, -0.2) is 163 Å². The van der Waals surface area contributed by atoms with E-state index < -0.39 is 145 Å². The molecule has 10 amide bonds. The summed E-state index contributed by atoms with van der Waals surface area (Å²) in [4.78, 5) is 151. The van der Waals surface area contributed by atoms with Crippen molar-refractivity contribution in [2.24, 2.45) is 17.2 Å². The smallest absolute Gasteiger partial charge is 0.305 e. The summed E-state index contributed by atoms with van der Waals surface area (Å²) in [5.41, 5.74) is 17.1. The van der Waals surface area contributed by atoms with Crippen LogP contribution in [-0.2, 0) is 65.6 Å². The van der Waals surface area contributed by atoms with E-state index in [0.29, 0.717) is 22.2 Å². The number of benzene rings is 1. The Morgan fingerprint density at radius 3 is 1.75 bits per heavy atom. The van der Waals surface area contributed by atoms with E-state index in [1.165, 1.54) is 19.4 Å². The number of rotatable bonds is 27. The van der Waals surface area contributed by atoms with Gasteiger partial charge in [-0.2, -0.15) is 0 Å². The van der Waals surface area contributed by atoms with E-state index in [1.807, 2.05) is 0 Å². The number of carboxylic acid groups (broad SMARTS) is 1. The summed E-state index contributed by atoms with van der Waals surface area (Å²) in [6.07, 6.45) is 0.260. The Bertz CT molecular complexity index is 2320. The van der Waals surface area contributed by atoms with Crippen LogP contribution in [0.2, 0.25) is 0 Å². The average Bonchev–Trinajstić information content (AvgIpc) is 3.95. The Hall–Kier alpha value is -7.98. The fourth-order valence-corrected chi connectivity index (χ4v) is 6.36. The van der Waals surface area contributed by atoms with Crippen molar-refractivity contribution in [1.82, 2.24) is 57.5 Å². The van der Waals surface area contributed by atoms with Crippen molar-refractivity contribution in [3.63, 3.8) is 0 Å². The Balaban J connectivity index is 1.85. The molecule has 0 saturated carbocycles. The molecule has 68 heavy (non-hydrogen) atoms. The van der Waals surface area contributed by atoms with Gasteiger partial charge in [0.25, 0.3) is 0 Å². The molecule has 2 heterocycles. The first-order chi connectivity index (χ1) is 32.0. The van der Waals surface area contributed by atoms with Gasteiger partial charge in [0.2, 0.25) is 59.1 Å². The molecule has 1 aromatic carbocycles. The number of nitrogens with two attached hydrogens (primary N) is 3. The van der Waals surface area contributed by atoms with E-state index in [1.54, 1.807) is 30.5 Å². The Kier molecular flexibility index (Phi) is 20.5. The van der Waals surface area contributed by atoms with Crippen molar-refractivity contribution in [3.8, 4) is 0 Å². The third-order valence-corrected chi connectivity index (χ3v) is 10.0. The molecule has 19 N–H and O–H groups in total. The first-order valence-corrected chi connectivity index (χ1v) is 20.8. The molecule has 0 aliphatic heterocycles. The summed E-state index contributed by atoms with van der Waals surface area (Å²) in [5.74, 6) is -12.0. The molecule has 2 aromatic heterocycles. The second-order valence-corrected chi connectivity index (χ2v) is 15.5. The number of carboxylic acids is 1. The number of para-hydroxylation sites is 1. The highest BCUT2D eigenvalue weighted by Crippen LogP contribution is 2.19. The third-order valence-electron chi connectivity index (χ3n) is 10.0. The molecular formula is C40H56N14O14. The average molecular weight is 957 g/mol. The van der Waals surface area contributed by atoms with E-state index in [-0.39, 0.29) is 12.8 Å². The van der Waals surface area contributed by atoms with Gasteiger partial charge < -0.3 is 85.0 Å². The van der Waals surface area contributed by atoms with Crippen molar-refractivity contribution in [3.05, 3.63) is 54.2 Å². The topological polar surface area (TPSA) is 467 Å². The lowest BCUT2D eigenvalue weighted by Gasteiger charge is -2.27. The van der Waals surface area contributed by atoms with Gasteiger partial charge in [0, 0.05) is 41.8 Å². The number of primary amides is 2. The number of imidazole rings is 1. The quantitative estimate of drug-likeness (QED) is 0.0338. The van der Waals surface area contributed by atoms with Gasteiger partial charge >= 0.3 is 5.97 Å². The van der Waals surface area contributed by atoms with Crippen LogP contribution in [0, 0.1) is 0 Å². The lowest BCUT2D eigenvalue weighted by atomic mass is 10.0. The predicted octanol–water partition coefficient (Wildman–Crippen LogP) is -7.24. The number of amides is 10. The molecule has 370 valence electrons. The molecule has 0 aliphatic rings. The van der Waals surface area contributed by atoms with Crippen molar-refractivity contribution >= 4 is 75.9 Å². The van der Waals surface area contributed by atoms with Gasteiger partial charge in [-0.25, -0.2) is 4.98 Å². The minimum Gasteiger partial charge on any atom is -0.481 e. The molecule has 0 aliphatic carbocycles. The molecule has 0 unspecified atom stereocenters. The van der Waals surface area contributed by atoms with E-state index in [2.05, 4.69) is 57.5 Å². The number of hydrogen-bond acceptors (Lipinski definition) is 15. The van der Waals surface area contributed by atoms with Crippen LogP contribution in [0.15, 0.2) is 43.0 Å². The fraction of sp³-hybridized carbons (Fsp3) is 0.450. The number of aromatic amines is 2. The molecule has 28 heteroatoms. The summed E-state index contributed by atoms with van der Waals surface area (Å²) < 4.78 is 0. The Labute approximate surface area is 386 Å². The maximum absolute atomic E-state index is 14.1. The van der Waals surface area contributed by atoms with E-state index in [0.717, 1.165) is 13.8 Å². The SMILES string of the molecule is C[C@H](NC(=O)[C@H](Cc1cnc[nH]1)NC(=O)[C@H](CO)NC(=O)CN)C(=O)N[C@@H](Cc1c[nH]c2ccccc12)C(=O)N[C@@H](CC(=O)O)C(=O)N[C@H](C(=O)N[C@@H](C)C(=O)N[C@@H](CC(N)=O)C(N)=O)[C@@H](C)O. The van der Waals surface area contributed by atoms with Crippen LogP contribution in [0.3, 0.4) is 0 Å². The lowest BCUT2D eigenvalue weighted by molar-refractivity contribution is -0.142. The van der Waals surface area contributed by atoms with Crippen LogP contribution in [0.25, 0.3) is 10.9 Å². The summed E-state index contributed by atoms with van der Waals surface area (Å²) in [6, 6.07) is -5.96. The zero-order valence-corrected chi connectivity index (χ0v) is 37.0. The first kappa shape index (κ1) is 54.4. The van der Waals surface area contributed by atoms with Gasteiger partial charge in [-0.05, 0) is 32.4 Å². The zero-order valence-electron chi connectivity index (χ0n) is 37.0. The van der Waals surface area contributed by atoms with Gasteiger partial charge in [-0.1, -0.05) is 18.2 Å². The normalized spacial score (nSPS) is 15.0. The summed E-state index contributed by atoms with van der Waals surface area (Å²) in [5, 5.41) is 48.8. The minimum absolute atomic E-state index is 0.213. The highest BCUT2D eigenvalue weighted by atomic mass is 16.4. The van der Waals surface area contributed by atoms with E-state index >= 15 is 0 Å². The van der Waals surface area contributed by atoms with Crippen molar-refractivity contribution in [1.29, 1.82) is 0 Å². The maximum atomic E-state index is 14.1. The Morgan fingerprint density at radius 2 is 1.19 bits per heavy atom. The number of carbonyl (C=O) groups is 11. The molecule has 0 fully saturated rings. The van der Waals surface area contributed by atoms with Crippen LogP contribution < -0.4 is 59.7 Å². The van der Waals surface area contributed by atoms with Crippen LogP contribution in [0.5, 0.6) is 0 Å². The van der Waals surface area contributed by atoms with E-state index in [4.69, 9.17) is 17.2 Å². The third kappa shape index (κ3) is 16.5. The molecule has 0 spiro atoms. The van der Waals surface area contributed by atoms with Crippen molar-refractivity contribution in [2.45, 2.75) is 101 Å². The number of H-pyrrole nitrogens is 2. The number of aliphatic hydroxyl groups excluding tert-OH is 2. The second-order valence-electron chi connectivity index (χ2n) is 15.5. The molecular weight excluding hydrogens is 901 g/mol. The second kappa shape index (κ2) is 25.6. The zero-order chi connectivity index (χ0) is 50.8. The maximum Gasteiger partial charge on any atom is 0.305 e. The number of aliphatic hydroxyl groups is 2. The minimum atomic E-state index is -1.97. The monoisotopic (exact) mass is 956 g/mol. The Morgan fingerprint density at radius 1 is 0.647 bits per heavy atom. The highest BCUT2D eigenvalue weighted by molar-refractivity contribution is 5.99. The van der Waals surface area contributed by atoms with Crippen molar-refractivity contribution in [2.75, 3.05) is 13.2 Å². The molecule has 3 rings (SSSR count). The molecule has 0 saturated heterocycles. The lowest BCUT2D eigenvalue weighted by Crippen LogP contribution is -2.62. The molecule has 0 bridgehead atoms. The predicted molar refractivity (Wildman–Crippen MR) is 234 cm³/mol. The number of fused-ring (bicyclic) bond motifs is 1. The number of carbonyl (C=O) groups excluding carboxylic acids is 10. The van der Waals surface area contributed by atoms with Crippen LogP contribution in [0.1, 0.15) is 44.9 Å². The largest absolute Gasteiger partial charge is 0.481 e. The summed E-state index contributed by atoms with van der Waals surface area (Å²) >= 11 is 0. The van der Waals surface area contributed by atoms with Gasteiger partial charge in [0.15, 0.2) is 0 Å².